The van der Waals surface area contributed by atoms with Crippen molar-refractivity contribution in [2.24, 2.45) is 0 Å². The van der Waals surface area contributed by atoms with Crippen LogP contribution in [0.15, 0.2) is 42.5 Å². The van der Waals surface area contributed by atoms with Gasteiger partial charge in [0.1, 0.15) is 0 Å². The van der Waals surface area contributed by atoms with Crippen molar-refractivity contribution in [3.8, 4) is 0 Å². The van der Waals surface area contributed by atoms with E-state index >= 15 is 0 Å². The maximum Gasteiger partial charge on any atom is 0.244 e. The van der Waals surface area contributed by atoms with E-state index in [-0.39, 0.29) is 12.5 Å². The molecular weight excluding hydrogens is 285 g/mol. The first-order valence-electron chi connectivity index (χ1n) is 5.74. The Morgan fingerprint density at radius 3 is 2.53 bits per heavy atom. The predicted molar refractivity (Wildman–Crippen MR) is 78.4 cm³/mol. The highest BCUT2D eigenvalue weighted by molar-refractivity contribution is 6.34. The smallest absolute Gasteiger partial charge is 0.244 e. The molecule has 0 fully saturated rings. The normalized spacial score (nSPS) is 13.1. The lowest BCUT2D eigenvalue weighted by Crippen LogP contribution is -2.26. The highest BCUT2D eigenvalue weighted by atomic mass is 35.5. The number of carbonyl (C=O) groups excluding carboxylic acids is 1. The second-order valence-corrected chi connectivity index (χ2v) is 4.72. The molecule has 3 nitrogen and oxygen atoms in total. The first kappa shape index (κ1) is 15.8. The Hall–Kier alpha value is -1.29. The van der Waals surface area contributed by atoms with Crippen molar-refractivity contribution in [1.82, 2.24) is 5.32 Å². The van der Waals surface area contributed by atoms with Crippen LogP contribution in [0.3, 0.4) is 0 Å². The zero-order valence-electron chi connectivity index (χ0n) is 10.4. The zero-order valence-corrected chi connectivity index (χ0v) is 11.9. The molecule has 0 aliphatic heterocycles. The molecule has 2 N–H and O–H groups in total. The molecule has 1 aromatic carbocycles. The number of hydrogen-bond acceptors (Lipinski definition) is 2. The molecule has 0 saturated carbocycles. The molecule has 0 aliphatic rings. The predicted octanol–water partition coefficient (Wildman–Crippen LogP) is 3.28. The number of halogens is 2. The summed E-state index contributed by atoms with van der Waals surface area (Å²) in [6.07, 6.45) is 5.71. The van der Waals surface area contributed by atoms with E-state index < -0.39 is 6.10 Å². The number of rotatable bonds is 5. The van der Waals surface area contributed by atoms with Crippen molar-refractivity contribution < 1.29 is 9.90 Å². The number of amides is 1. The van der Waals surface area contributed by atoms with Gasteiger partial charge in [-0.2, -0.15) is 0 Å². The van der Waals surface area contributed by atoms with Crippen molar-refractivity contribution in [2.75, 3.05) is 6.54 Å². The Kier molecular flexibility index (Phi) is 6.64. The summed E-state index contributed by atoms with van der Waals surface area (Å²) >= 11 is 11.7. The topological polar surface area (TPSA) is 49.3 Å². The molecule has 0 radical (unpaired) electrons. The summed E-state index contributed by atoms with van der Waals surface area (Å²) in [5, 5.41) is 13.4. The summed E-state index contributed by atoms with van der Waals surface area (Å²) in [5.74, 6) is -0.273. The van der Waals surface area contributed by atoms with Crippen LogP contribution in [-0.2, 0) is 4.79 Å². The van der Waals surface area contributed by atoms with Crippen LogP contribution in [-0.4, -0.2) is 17.6 Å². The summed E-state index contributed by atoms with van der Waals surface area (Å²) in [6.45, 7) is 1.95. The van der Waals surface area contributed by atoms with Gasteiger partial charge in [-0.3, -0.25) is 4.79 Å². The molecule has 5 heteroatoms. The van der Waals surface area contributed by atoms with E-state index in [4.69, 9.17) is 23.2 Å². The Morgan fingerprint density at radius 1 is 1.32 bits per heavy atom. The summed E-state index contributed by atoms with van der Waals surface area (Å²) in [4.78, 5) is 11.4. The first-order valence-corrected chi connectivity index (χ1v) is 6.49. The molecule has 0 aliphatic carbocycles. The molecule has 102 valence electrons. The molecule has 1 aromatic rings. The number of aliphatic hydroxyl groups is 1. The number of hydrogen-bond donors (Lipinski definition) is 2. The average molecular weight is 300 g/mol. The molecule has 0 spiro atoms. The Morgan fingerprint density at radius 2 is 1.95 bits per heavy atom. The molecule has 0 saturated heterocycles. The number of aliphatic hydroxyl groups excluding tert-OH is 1. The van der Waals surface area contributed by atoms with Crippen LogP contribution in [0.25, 0.3) is 0 Å². The average Bonchev–Trinajstić information content (AvgIpc) is 2.35. The Labute approximate surface area is 122 Å². The zero-order chi connectivity index (χ0) is 14.3. The third-order valence-electron chi connectivity index (χ3n) is 2.29. The quantitative estimate of drug-likeness (QED) is 0.647. The first-order chi connectivity index (χ1) is 9.02. The van der Waals surface area contributed by atoms with Gasteiger partial charge in [0.15, 0.2) is 0 Å². The van der Waals surface area contributed by atoms with Crippen LogP contribution in [0.4, 0.5) is 0 Å². The van der Waals surface area contributed by atoms with Crippen LogP contribution >= 0.6 is 23.2 Å². The number of benzene rings is 1. The molecule has 0 bridgehead atoms. The van der Waals surface area contributed by atoms with Gasteiger partial charge in [0.05, 0.1) is 6.10 Å². The summed E-state index contributed by atoms with van der Waals surface area (Å²) in [5.41, 5.74) is 0.565. The highest BCUT2D eigenvalue weighted by Gasteiger charge is 2.10. The van der Waals surface area contributed by atoms with Gasteiger partial charge in [0, 0.05) is 22.7 Å². The van der Waals surface area contributed by atoms with Gasteiger partial charge < -0.3 is 10.4 Å². The maximum atomic E-state index is 11.4. The minimum absolute atomic E-state index is 0.0929. The van der Waals surface area contributed by atoms with Crippen molar-refractivity contribution in [3.05, 3.63) is 58.1 Å². The lowest BCUT2D eigenvalue weighted by atomic mass is 10.1. The van der Waals surface area contributed by atoms with Crippen LogP contribution in [0.5, 0.6) is 0 Å². The van der Waals surface area contributed by atoms with E-state index in [1.165, 1.54) is 6.08 Å². The molecule has 1 atom stereocenters. The van der Waals surface area contributed by atoms with Gasteiger partial charge in [-0.15, -0.1) is 0 Å². The fourth-order valence-electron chi connectivity index (χ4n) is 1.40. The fourth-order valence-corrected chi connectivity index (χ4v) is 1.94. The van der Waals surface area contributed by atoms with Crippen LogP contribution < -0.4 is 5.32 Å². The molecule has 0 heterocycles. The summed E-state index contributed by atoms with van der Waals surface area (Å²) < 4.78 is 0. The van der Waals surface area contributed by atoms with Gasteiger partial charge in [-0.05, 0) is 30.7 Å². The SMILES string of the molecule is CC=CC=CC(=O)NCC(O)c1cc(Cl)cc(Cl)c1. The maximum absolute atomic E-state index is 11.4. The number of carbonyl (C=O) groups is 1. The number of allylic oxidation sites excluding steroid dienone is 3. The van der Waals surface area contributed by atoms with Gasteiger partial charge in [-0.25, -0.2) is 0 Å². The molecule has 1 amide bonds. The van der Waals surface area contributed by atoms with E-state index in [0.717, 1.165) is 0 Å². The second kappa shape index (κ2) is 8.00. The molecular formula is C14H15Cl2NO2. The van der Waals surface area contributed by atoms with Gasteiger partial charge in [-0.1, -0.05) is 41.4 Å². The van der Waals surface area contributed by atoms with Crippen molar-refractivity contribution in [2.45, 2.75) is 13.0 Å². The Balaban J connectivity index is 2.55. The van der Waals surface area contributed by atoms with Crippen molar-refractivity contribution in [3.63, 3.8) is 0 Å². The molecule has 1 unspecified atom stereocenters. The lowest BCUT2D eigenvalue weighted by Gasteiger charge is -2.12. The third-order valence-corrected chi connectivity index (χ3v) is 2.73. The highest BCUT2D eigenvalue weighted by Crippen LogP contribution is 2.23. The van der Waals surface area contributed by atoms with Crippen molar-refractivity contribution in [1.29, 1.82) is 0 Å². The van der Waals surface area contributed by atoms with Crippen molar-refractivity contribution >= 4 is 29.1 Å². The van der Waals surface area contributed by atoms with Crippen LogP contribution in [0.2, 0.25) is 10.0 Å². The summed E-state index contributed by atoms with van der Waals surface area (Å²) in [7, 11) is 0. The lowest BCUT2D eigenvalue weighted by molar-refractivity contribution is -0.116. The largest absolute Gasteiger partial charge is 0.387 e. The van der Waals surface area contributed by atoms with Crippen LogP contribution in [0, 0.1) is 0 Å². The van der Waals surface area contributed by atoms with Gasteiger partial charge in [0.25, 0.3) is 0 Å². The van der Waals surface area contributed by atoms with Crippen LogP contribution in [0.1, 0.15) is 18.6 Å². The monoisotopic (exact) mass is 299 g/mol. The molecule has 19 heavy (non-hydrogen) atoms. The molecule has 0 aromatic heterocycles. The van der Waals surface area contributed by atoms with Gasteiger partial charge in [0.2, 0.25) is 5.91 Å². The van der Waals surface area contributed by atoms with E-state index in [1.54, 1.807) is 30.4 Å². The number of nitrogens with one attached hydrogen (secondary N) is 1. The third kappa shape index (κ3) is 5.92. The standard InChI is InChI=1S/C14H15Cl2NO2/c1-2-3-4-5-14(19)17-9-13(18)10-6-11(15)8-12(16)7-10/h2-8,13,18H,9H2,1H3,(H,17,19). The molecule has 1 rings (SSSR count). The van der Waals surface area contributed by atoms with E-state index in [0.29, 0.717) is 15.6 Å². The van der Waals surface area contributed by atoms with E-state index in [2.05, 4.69) is 5.32 Å². The van der Waals surface area contributed by atoms with E-state index in [9.17, 15) is 9.90 Å². The minimum atomic E-state index is -0.852. The fraction of sp³-hybridized carbons (Fsp3) is 0.214. The van der Waals surface area contributed by atoms with E-state index in [1.807, 2.05) is 13.0 Å². The summed E-state index contributed by atoms with van der Waals surface area (Å²) in [6, 6.07) is 4.80. The Bertz CT molecular complexity index is 478. The second-order valence-electron chi connectivity index (χ2n) is 3.85. The minimum Gasteiger partial charge on any atom is -0.387 e. The van der Waals surface area contributed by atoms with Gasteiger partial charge >= 0.3 is 0 Å².